The molecule has 0 aromatic carbocycles. The second kappa shape index (κ2) is 13.0. The number of aromatic nitrogens is 1. The van der Waals surface area contributed by atoms with Gasteiger partial charge in [0.1, 0.15) is 0 Å². The zero-order chi connectivity index (χ0) is 16.8. The van der Waals surface area contributed by atoms with Gasteiger partial charge < -0.3 is 9.47 Å². The molecule has 23 heavy (non-hydrogen) atoms. The number of methoxy groups -OCH3 is 2. The van der Waals surface area contributed by atoms with E-state index in [1.807, 2.05) is 12.3 Å². The molecule has 0 aliphatic carbocycles. The maximum atomic E-state index is 11.7. The summed E-state index contributed by atoms with van der Waals surface area (Å²) in [5.74, 6) is 0.0327. The fraction of sp³-hybridized carbons (Fsp3) is 0.579. The molecule has 1 heterocycles. The fourth-order valence-electron chi connectivity index (χ4n) is 2.42. The Morgan fingerprint density at radius 1 is 1.13 bits per heavy atom. The van der Waals surface area contributed by atoms with Crippen molar-refractivity contribution in [2.24, 2.45) is 0 Å². The number of ketones is 1. The molecule has 0 spiro atoms. The molecule has 0 saturated carbocycles. The molecule has 0 bridgehead atoms. The van der Waals surface area contributed by atoms with Gasteiger partial charge in [0, 0.05) is 33.0 Å². The molecule has 0 unspecified atom stereocenters. The Hall–Kier alpha value is -1.52. The van der Waals surface area contributed by atoms with Crippen LogP contribution in [0.3, 0.4) is 0 Å². The highest BCUT2D eigenvalue weighted by Crippen LogP contribution is 2.09. The number of unbranched alkanes of at least 4 members (excludes halogenated alkanes) is 4. The predicted octanol–water partition coefficient (Wildman–Crippen LogP) is 4.10. The van der Waals surface area contributed by atoms with Crippen molar-refractivity contribution in [3.63, 3.8) is 0 Å². The van der Waals surface area contributed by atoms with Crippen molar-refractivity contribution in [2.45, 2.75) is 57.7 Å². The number of allylic oxidation sites excluding steroid dienone is 2. The average molecular weight is 319 g/mol. The molecule has 0 radical (unpaired) electrons. The molecule has 0 N–H and O–H groups in total. The fourth-order valence-corrected chi connectivity index (χ4v) is 2.42. The van der Waals surface area contributed by atoms with Crippen LogP contribution in [0.5, 0.6) is 0 Å². The van der Waals surface area contributed by atoms with E-state index in [1.54, 1.807) is 6.20 Å². The van der Waals surface area contributed by atoms with E-state index in [4.69, 9.17) is 9.47 Å². The minimum Gasteiger partial charge on any atom is -0.349 e. The van der Waals surface area contributed by atoms with Gasteiger partial charge in [-0.3, -0.25) is 9.78 Å². The zero-order valence-electron chi connectivity index (χ0n) is 14.4. The third-order valence-corrected chi connectivity index (χ3v) is 3.72. The van der Waals surface area contributed by atoms with Crippen molar-refractivity contribution in [3.05, 3.63) is 42.2 Å². The van der Waals surface area contributed by atoms with Gasteiger partial charge in [0.2, 0.25) is 6.29 Å². The normalized spacial score (nSPS) is 11.4. The van der Waals surface area contributed by atoms with Crippen molar-refractivity contribution in [1.29, 1.82) is 0 Å². The van der Waals surface area contributed by atoms with Gasteiger partial charge in [-0.15, -0.1) is 0 Å². The van der Waals surface area contributed by atoms with Crippen LogP contribution in [-0.4, -0.2) is 31.3 Å². The van der Waals surface area contributed by atoms with Crippen LogP contribution < -0.4 is 0 Å². The third kappa shape index (κ3) is 9.26. The summed E-state index contributed by atoms with van der Waals surface area (Å²) in [6.07, 6.45) is 15.6. The van der Waals surface area contributed by atoms with Gasteiger partial charge in [-0.05, 0) is 43.7 Å². The molecular weight excluding hydrogens is 290 g/mol. The number of Topliss-reactive ketones (excluding diaryl/α,β-unsaturated/α-hetero) is 1. The second-order valence-electron chi connectivity index (χ2n) is 5.59. The van der Waals surface area contributed by atoms with E-state index in [2.05, 4.69) is 23.2 Å². The van der Waals surface area contributed by atoms with Gasteiger partial charge >= 0.3 is 0 Å². The standard InChI is InChI=1S/C19H29NO3/c1-22-19(23-2)18(21)14-10-8-6-4-3-5-7-9-12-17-13-11-15-20-16-17/h5,7,11,13,15-16,19H,3-4,6,8-10,12,14H2,1-2H3/b7-5-. The second-order valence-corrected chi connectivity index (χ2v) is 5.59. The van der Waals surface area contributed by atoms with Gasteiger partial charge in [0.05, 0.1) is 0 Å². The smallest absolute Gasteiger partial charge is 0.217 e. The molecule has 0 atom stereocenters. The molecule has 0 aliphatic rings. The highest BCUT2D eigenvalue weighted by Gasteiger charge is 2.15. The van der Waals surface area contributed by atoms with Crippen LogP contribution in [0.4, 0.5) is 0 Å². The molecule has 4 nitrogen and oxygen atoms in total. The number of hydrogen-bond donors (Lipinski definition) is 0. The van der Waals surface area contributed by atoms with Crippen LogP contribution in [-0.2, 0) is 20.7 Å². The van der Waals surface area contributed by atoms with E-state index < -0.39 is 6.29 Å². The number of carbonyl (C=O) groups excluding carboxylic acids is 1. The van der Waals surface area contributed by atoms with E-state index in [0.717, 1.165) is 38.5 Å². The number of rotatable bonds is 13. The Bertz CT molecular complexity index is 441. The number of nitrogens with zero attached hydrogens (tertiary/aromatic N) is 1. The Balaban J connectivity index is 1.95. The summed E-state index contributed by atoms with van der Waals surface area (Å²) in [5, 5.41) is 0. The summed E-state index contributed by atoms with van der Waals surface area (Å²) in [6, 6.07) is 4.09. The van der Waals surface area contributed by atoms with Crippen molar-refractivity contribution in [1.82, 2.24) is 4.98 Å². The first-order valence-corrected chi connectivity index (χ1v) is 8.40. The van der Waals surface area contributed by atoms with Gasteiger partial charge in [-0.2, -0.15) is 0 Å². The lowest BCUT2D eigenvalue weighted by Gasteiger charge is -2.11. The first kappa shape index (κ1) is 19.5. The van der Waals surface area contributed by atoms with Crippen molar-refractivity contribution >= 4 is 5.78 Å². The average Bonchev–Trinajstić information content (AvgIpc) is 2.58. The van der Waals surface area contributed by atoms with Crippen LogP contribution in [0.15, 0.2) is 36.7 Å². The number of aryl methyl sites for hydroxylation is 1. The molecule has 0 aliphatic heterocycles. The van der Waals surface area contributed by atoms with Gasteiger partial charge in [-0.1, -0.05) is 31.1 Å². The first-order valence-electron chi connectivity index (χ1n) is 8.40. The minimum absolute atomic E-state index is 0.0327. The Labute approximate surface area is 139 Å². The summed E-state index contributed by atoms with van der Waals surface area (Å²) < 4.78 is 9.88. The molecule has 4 heteroatoms. The molecule has 0 fully saturated rings. The van der Waals surface area contributed by atoms with E-state index >= 15 is 0 Å². The number of carbonyl (C=O) groups is 1. The zero-order valence-corrected chi connectivity index (χ0v) is 14.4. The van der Waals surface area contributed by atoms with Crippen molar-refractivity contribution in [2.75, 3.05) is 14.2 Å². The quantitative estimate of drug-likeness (QED) is 0.312. The lowest BCUT2D eigenvalue weighted by atomic mass is 10.1. The maximum absolute atomic E-state index is 11.7. The molecule has 0 saturated heterocycles. The van der Waals surface area contributed by atoms with E-state index in [0.29, 0.717) is 6.42 Å². The summed E-state index contributed by atoms with van der Waals surface area (Å²) in [7, 11) is 2.99. The minimum atomic E-state index is -0.697. The summed E-state index contributed by atoms with van der Waals surface area (Å²) in [4.78, 5) is 15.8. The number of pyridine rings is 1. The van der Waals surface area contributed by atoms with Gasteiger partial charge in [0.25, 0.3) is 0 Å². The molecule has 1 aromatic heterocycles. The Morgan fingerprint density at radius 3 is 2.57 bits per heavy atom. The lowest BCUT2D eigenvalue weighted by molar-refractivity contribution is -0.156. The topological polar surface area (TPSA) is 48.4 Å². The monoisotopic (exact) mass is 319 g/mol. The Morgan fingerprint density at radius 2 is 1.87 bits per heavy atom. The highest BCUT2D eigenvalue weighted by atomic mass is 16.7. The van der Waals surface area contributed by atoms with Gasteiger partial charge in [-0.25, -0.2) is 0 Å². The van der Waals surface area contributed by atoms with Crippen LogP contribution in [0.25, 0.3) is 0 Å². The van der Waals surface area contributed by atoms with Crippen LogP contribution >= 0.6 is 0 Å². The van der Waals surface area contributed by atoms with Crippen LogP contribution in [0.2, 0.25) is 0 Å². The molecule has 0 amide bonds. The third-order valence-electron chi connectivity index (χ3n) is 3.72. The van der Waals surface area contributed by atoms with Crippen LogP contribution in [0, 0.1) is 0 Å². The highest BCUT2D eigenvalue weighted by molar-refractivity contribution is 5.81. The molecular formula is C19H29NO3. The number of hydrogen-bond acceptors (Lipinski definition) is 4. The van der Waals surface area contributed by atoms with E-state index in [-0.39, 0.29) is 5.78 Å². The van der Waals surface area contributed by atoms with E-state index in [9.17, 15) is 4.79 Å². The lowest BCUT2D eigenvalue weighted by Crippen LogP contribution is -2.24. The summed E-state index contributed by atoms with van der Waals surface area (Å²) in [6.45, 7) is 0. The Kier molecular flexibility index (Phi) is 11.0. The van der Waals surface area contributed by atoms with Crippen LogP contribution in [0.1, 0.15) is 50.5 Å². The SMILES string of the molecule is COC(OC)C(=O)CCCCCC/C=C\CCc1cccnc1. The largest absolute Gasteiger partial charge is 0.349 e. The molecule has 1 aromatic rings. The van der Waals surface area contributed by atoms with Crippen molar-refractivity contribution in [3.8, 4) is 0 Å². The predicted molar refractivity (Wildman–Crippen MR) is 92.2 cm³/mol. The summed E-state index contributed by atoms with van der Waals surface area (Å²) in [5.41, 5.74) is 1.28. The molecule has 128 valence electrons. The molecule has 1 rings (SSSR count). The summed E-state index contributed by atoms with van der Waals surface area (Å²) >= 11 is 0. The maximum Gasteiger partial charge on any atom is 0.217 e. The van der Waals surface area contributed by atoms with E-state index in [1.165, 1.54) is 26.2 Å². The number of ether oxygens (including phenoxy) is 2. The van der Waals surface area contributed by atoms with Gasteiger partial charge in [0.15, 0.2) is 5.78 Å². The first-order chi connectivity index (χ1) is 11.3. The van der Waals surface area contributed by atoms with Crippen molar-refractivity contribution < 1.29 is 14.3 Å².